The van der Waals surface area contributed by atoms with Gasteiger partial charge in [0.15, 0.2) is 10.8 Å². The first-order valence-corrected chi connectivity index (χ1v) is 11.7. The highest BCUT2D eigenvalue weighted by Crippen LogP contribution is 2.35. The highest BCUT2D eigenvalue weighted by atomic mass is 32.1. The van der Waals surface area contributed by atoms with Crippen molar-refractivity contribution < 1.29 is 18.7 Å². The van der Waals surface area contributed by atoms with Gasteiger partial charge in [-0.05, 0) is 31.9 Å². The normalized spacial score (nSPS) is 26.6. The van der Waals surface area contributed by atoms with Gasteiger partial charge in [-0.2, -0.15) is 0 Å². The molecule has 10 heteroatoms. The lowest BCUT2D eigenvalue weighted by Gasteiger charge is -2.35. The number of hydrogen-bond donors (Lipinski definition) is 1. The summed E-state index contributed by atoms with van der Waals surface area (Å²) in [5.41, 5.74) is 2.86. The number of amidine groups is 1. The highest BCUT2D eigenvalue weighted by molar-refractivity contribution is 7.11. The summed E-state index contributed by atoms with van der Waals surface area (Å²) >= 11 is 1.37. The van der Waals surface area contributed by atoms with Crippen LogP contribution in [0.25, 0.3) is 0 Å². The Morgan fingerprint density at radius 1 is 1.41 bits per heavy atom. The van der Waals surface area contributed by atoms with Gasteiger partial charge in [-0.25, -0.2) is 9.18 Å². The lowest BCUT2D eigenvalue weighted by atomic mass is 9.79. The maximum atomic E-state index is 13.9. The Labute approximate surface area is 190 Å². The SMILES string of the molecule is CC(C)OC(=O)C1=C(CN2CCOCC2)NC(c2nncs2)=NC1C1C=CC(F)=CC1C. The number of rotatable bonds is 6. The second kappa shape index (κ2) is 10.0. The Hall–Kier alpha value is -2.43. The minimum atomic E-state index is -0.534. The lowest BCUT2D eigenvalue weighted by Crippen LogP contribution is -2.46. The second-order valence-electron chi connectivity index (χ2n) is 8.37. The average Bonchev–Trinajstić information content (AvgIpc) is 3.28. The topological polar surface area (TPSA) is 88.9 Å². The number of allylic oxidation sites excluding steroid dienone is 3. The van der Waals surface area contributed by atoms with Crippen molar-refractivity contribution >= 4 is 23.1 Å². The van der Waals surface area contributed by atoms with Crippen LogP contribution < -0.4 is 5.32 Å². The predicted molar refractivity (Wildman–Crippen MR) is 120 cm³/mol. The molecular formula is C22H28FN5O3S. The molecule has 3 atom stereocenters. The number of morpholine rings is 1. The molecule has 1 N–H and O–H groups in total. The van der Waals surface area contributed by atoms with Crippen LogP contribution in [0.1, 0.15) is 25.8 Å². The third-order valence-electron chi connectivity index (χ3n) is 5.64. The van der Waals surface area contributed by atoms with Crippen LogP contribution in [0, 0.1) is 11.8 Å². The molecule has 3 heterocycles. The van der Waals surface area contributed by atoms with E-state index in [0.29, 0.717) is 36.2 Å². The number of halogens is 1. The van der Waals surface area contributed by atoms with Crippen molar-refractivity contribution in [2.24, 2.45) is 16.8 Å². The highest BCUT2D eigenvalue weighted by Gasteiger charge is 2.39. The number of aromatic nitrogens is 2. The van der Waals surface area contributed by atoms with Gasteiger partial charge in [0.2, 0.25) is 0 Å². The summed E-state index contributed by atoms with van der Waals surface area (Å²) in [6.07, 6.45) is 4.54. The summed E-state index contributed by atoms with van der Waals surface area (Å²) in [4.78, 5) is 20.4. The van der Waals surface area contributed by atoms with Gasteiger partial charge in [-0.1, -0.05) is 24.3 Å². The summed E-state index contributed by atoms with van der Waals surface area (Å²) in [6.45, 7) is 8.92. The van der Waals surface area contributed by atoms with Crippen molar-refractivity contribution in [2.45, 2.75) is 32.9 Å². The van der Waals surface area contributed by atoms with E-state index in [1.54, 1.807) is 17.7 Å². The van der Waals surface area contributed by atoms with Crippen LogP contribution in [0.15, 0.2) is 45.8 Å². The Bertz CT molecular complexity index is 951. The Morgan fingerprint density at radius 2 is 2.19 bits per heavy atom. The molecule has 1 fully saturated rings. The molecule has 1 aromatic heterocycles. The van der Waals surface area contributed by atoms with Crippen molar-refractivity contribution in [2.75, 3.05) is 32.8 Å². The number of hydrogen-bond acceptors (Lipinski definition) is 9. The van der Waals surface area contributed by atoms with Crippen molar-refractivity contribution in [3.05, 3.63) is 45.8 Å². The summed E-state index contributed by atoms with van der Waals surface area (Å²) < 4.78 is 25.0. The molecule has 0 amide bonds. The lowest BCUT2D eigenvalue weighted by molar-refractivity contribution is -0.143. The summed E-state index contributed by atoms with van der Waals surface area (Å²) in [7, 11) is 0. The Morgan fingerprint density at radius 3 is 2.84 bits per heavy atom. The Balaban J connectivity index is 1.76. The minimum absolute atomic E-state index is 0.144. The van der Waals surface area contributed by atoms with Crippen LogP contribution in [-0.4, -0.2) is 71.9 Å². The van der Waals surface area contributed by atoms with Crippen LogP contribution >= 0.6 is 11.3 Å². The van der Waals surface area contributed by atoms with Gasteiger partial charge in [0.25, 0.3) is 0 Å². The first-order valence-electron chi connectivity index (χ1n) is 10.8. The molecule has 1 aliphatic carbocycles. The summed E-state index contributed by atoms with van der Waals surface area (Å²) in [5, 5.41) is 12.1. The monoisotopic (exact) mass is 461 g/mol. The van der Waals surface area contributed by atoms with E-state index in [4.69, 9.17) is 14.5 Å². The molecule has 0 bridgehead atoms. The number of nitrogens with one attached hydrogen (secondary N) is 1. The zero-order valence-corrected chi connectivity index (χ0v) is 19.3. The number of ether oxygens (including phenoxy) is 2. The average molecular weight is 462 g/mol. The van der Waals surface area contributed by atoms with Gasteiger partial charge >= 0.3 is 5.97 Å². The van der Waals surface area contributed by atoms with E-state index >= 15 is 0 Å². The molecule has 0 spiro atoms. The quantitative estimate of drug-likeness (QED) is 0.651. The standard InChI is InChI=1S/C22H28FN5O3S/c1-13(2)31-22(29)18-17(11-28-6-8-30-9-7-28)25-20(21-27-24-12-32-21)26-19(18)16-5-4-15(23)10-14(16)3/h4-5,10,12-14,16,19H,6-9,11H2,1-3H3,(H,25,26). The van der Waals surface area contributed by atoms with Gasteiger partial charge in [0.1, 0.15) is 11.3 Å². The molecule has 3 aliphatic rings. The number of nitrogens with zero attached hydrogens (tertiary/aromatic N) is 4. The molecule has 4 rings (SSSR count). The maximum absolute atomic E-state index is 13.9. The van der Waals surface area contributed by atoms with Crippen molar-refractivity contribution in [3.8, 4) is 0 Å². The number of carbonyl (C=O) groups is 1. The fraction of sp³-hybridized carbons (Fsp3) is 0.545. The molecule has 8 nitrogen and oxygen atoms in total. The summed E-state index contributed by atoms with van der Waals surface area (Å²) in [5.74, 6) is -0.461. The van der Waals surface area contributed by atoms with Crippen LogP contribution in [0.4, 0.5) is 4.39 Å². The molecule has 32 heavy (non-hydrogen) atoms. The number of carbonyl (C=O) groups excluding carboxylic acids is 1. The smallest absolute Gasteiger partial charge is 0.338 e. The third kappa shape index (κ3) is 5.13. The van der Waals surface area contributed by atoms with Crippen molar-refractivity contribution in [1.82, 2.24) is 20.4 Å². The van der Waals surface area contributed by atoms with E-state index in [9.17, 15) is 9.18 Å². The zero-order valence-electron chi connectivity index (χ0n) is 18.5. The molecule has 2 aliphatic heterocycles. The molecule has 1 saturated heterocycles. The van der Waals surface area contributed by atoms with Gasteiger partial charge in [0.05, 0.1) is 30.9 Å². The largest absolute Gasteiger partial charge is 0.460 e. The van der Waals surface area contributed by atoms with Crippen molar-refractivity contribution in [3.63, 3.8) is 0 Å². The van der Waals surface area contributed by atoms with E-state index in [-0.39, 0.29) is 23.8 Å². The van der Waals surface area contributed by atoms with Crippen molar-refractivity contribution in [1.29, 1.82) is 0 Å². The van der Waals surface area contributed by atoms with Crippen LogP contribution in [0.5, 0.6) is 0 Å². The van der Waals surface area contributed by atoms with Crippen LogP contribution in [0.2, 0.25) is 0 Å². The van der Waals surface area contributed by atoms with E-state index in [1.165, 1.54) is 17.4 Å². The predicted octanol–water partition coefficient (Wildman–Crippen LogP) is 2.47. The van der Waals surface area contributed by atoms with E-state index in [0.717, 1.165) is 18.8 Å². The molecule has 0 aromatic carbocycles. The minimum Gasteiger partial charge on any atom is -0.460 e. The molecule has 172 valence electrons. The van der Waals surface area contributed by atoms with Gasteiger partial charge in [-0.3, -0.25) is 9.89 Å². The van der Waals surface area contributed by atoms with Crippen LogP contribution in [-0.2, 0) is 14.3 Å². The third-order valence-corrected chi connectivity index (χ3v) is 6.34. The molecule has 3 unspecified atom stereocenters. The molecular weight excluding hydrogens is 433 g/mol. The summed E-state index contributed by atoms with van der Waals surface area (Å²) in [6, 6.07) is -0.534. The zero-order chi connectivity index (χ0) is 22.7. The van der Waals surface area contributed by atoms with E-state index < -0.39 is 12.0 Å². The first-order chi connectivity index (χ1) is 15.4. The number of aliphatic imine (C=N–C) groups is 1. The van der Waals surface area contributed by atoms with E-state index in [2.05, 4.69) is 20.4 Å². The second-order valence-corrected chi connectivity index (χ2v) is 9.21. The van der Waals surface area contributed by atoms with Gasteiger partial charge < -0.3 is 14.8 Å². The maximum Gasteiger partial charge on any atom is 0.338 e. The first kappa shape index (κ1) is 22.8. The molecule has 1 aromatic rings. The van der Waals surface area contributed by atoms with E-state index in [1.807, 2.05) is 20.8 Å². The fourth-order valence-corrected chi connectivity index (χ4v) is 4.61. The molecule has 0 radical (unpaired) electrons. The van der Waals surface area contributed by atoms with Gasteiger partial charge in [-0.15, -0.1) is 10.2 Å². The Kier molecular flexibility index (Phi) is 7.12. The molecule has 0 saturated carbocycles. The van der Waals surface area contributed by atoms with Crippen LogP contribution in [0.3, 0.4) is 0 Å². The van der Waals surface area contributed by atoms with Gasteiger partial charge in [0, 0.05) is 31.2 Å². The fourth-order valence-electron chi connectivity index (χ4n) is 4.11. The number of esters is 1.